The first-order valence-electron chi connectivity index (χ1n) is 10.4. The molecular weight excluding hydrogens is 410 g/mol. The summed E-state index contributed by atoms with van der Waals surface area (Å²) >= 11 is 0. The average molecular weight is 440 g/mol. The summed E-state index contributed by atoms with van der Waals surface area (Å²) in [6.07, 6.45) is 0. The number of phenolic OH excluding ortho intramolecular Hbond substituents is 1. The summed E-state index contributed by atoms with van der Waals surface area (Å²) in [6, 6.07) is 10.4. The molecule has 2 aromatic carbocycles. The highest BCUT2D eigenvalue weighted by Gasteiger charge is 2.33. The third-order valence-corrected chi connectivity index (χ3v) is 5.79. The molecule has 2 aromatic rings. The van der Waals surface area contributed by atoms with Crippen LogP contribution < -0.4 is 4.90 Å². The van der Waals surface area contributed by atoms with Crippen LogP contribution in [0.3, 0.4) is 0 Å². The van der Waals surface area contributed by atoms with Gasteiger partial charge < -0.3 is 19.6 Å². The fourth-order valence-corrected chi connectivity index (χ4v) is 3.60. The largest absolute Gasteiger partial charge is 0.508 e. The standard InChI is InChI=1S/C24H29N3O5/c1-16-6-5-7-20(18(16)3)27-15-26(14-23(27)30)22(29)13-25(10-11-32-4)24(31)19-9-8-17(2)21(28)12-19/h5-9,12,28H,10-11,13-15H2,1-4H3. The van der Waals surface area contributed by atoms with Crippen molar-refractivity contribution in [3.63, 3.8) is 0 Å². The Balaban J connectivity index is 1.74. The summed E-state index contributed by atoms with van der Waals surface area (Å²) in [7, 11) is 1.52. The van der Waals surface area contributed by atoms with E-state index >= 15 is 0 Å². The van der Waals surface area contributed by atoms with E-state index in [0.717, 1.165) is 16.8 Å². The van der Waals surface area contributed by atoms with Crippen molar-refractivity contribution in [1.82, 2.24) is 9.80 Å². The molecule has 1 saturated heterocycles. The molecule has 8 nitrogen and oxygen atoms in total. The van der Waals surface area contributed by atoms with E-state index in [9.17, 15) is 19.5 Å². The number of anilines is 1. The molecule has 0 aliphatic carbocycles. The monoisotopic (exact) mass is 439 g/mol. The van der Waals surface area contributed by atoms with Crippen LogP contribution in [0.25, 0.3) is 0 Å². The van der Waals surface area contributed by atoms with Gasteiger partial charge in [0.25, 0.3) is 5.91 Å². The van der Waals surface area contributed by atoms with Crippen molar-refractivity contribution in [2.75, 3.05) is 44.9 Å². The minimum Gasteiger partial charge on any atom is -0.508 e. The van der Waals surface area contributed by atoms with Crippen molar-refractivity contribution < 1.29 is 24.2 Å². The Bertz CT molecular complexity index is 1040. The first-order valence-corrected chi connectivity index (χ1v) is 10.4. The van der Waals surface area contributed by atoms with Gasteiger partial charge in [-0.15, -0.1) is 0 Å². The maximum Gasteiger partial charge on any atom is 0.254 e. The molecule has 0 aromatic heterocycles. The van der Waals surface area contributed by atoms with Gasteiger partial charge in [-0.05, 0) is 55.7 Å². The SMILES string of the molecule is COCCN(CC(=O)N1CC(=O)N(c2cccc(C)c2C)C1)C(=O)c1ccc(C)c(O)c1. The van der Waals surface area contributed by atoms with Gasteiger partial charge >= 0.3 is 0 Å². The summed E-state index contributed by atoms with van der Waals surface area (Å²) in [4.78, 5) is 43.1. The van der Waals surface area contributed by atoms with E-state index < -0.39 is 0 Å². The second-order valence-corrected chi connectivity index (χ2v) is 7.99. The summed E-state index contributed by atoms with van der Waals surface area (Å²) in [5.41, 5.74) is 3.78. The minimum absolute atomic E-state index is 0.0168. The number of hydrogen-bond acceptors (Lipinski definition) is 5. The minimum atomic E-state index is -0.386. The molecule has 0 spiro atoms. The maximum absolute atomic E-state index is 13.0. The van der Waals surface area contributed by atoms with Crippen LogP contribution >= 0.6 is 0 Å². The van der Waals surface area contributed by atoms with Gasteiger partial charge in [0.1, 0.15) is 25.5 Å². The summed E-state index contributed by atoms with van der Waals surface area (Å²) < 4.78 is 5.09. The number of phenols is 1. The number of nitrogens with zero attached hydrogens (tertiary/aromatic N) is 3. The Morgan fingerprint density at radius 3 is 2.56 bits per heavy atom. The number of benzene rings is 2. The Kier molecular flexibility index (Phi) is 7.15. The summed E-state index contributed by atoms with van der Waals surface area (Å²) in [6.45, 7) is 6.04. The van der Waals surface area contributed by atoms with Gasteiger partial charge in [0.15, 0.2) is 0 Å². The first-order chi connectivity index (χ1) is 15.2. The van der Waals surface area contributed by atoms with E-state index in [2.05, 4.69) is 0 Å². The molecule has 0 saturated carbocycles. The maximum atomic E-state index is 13.0. The molecule has 3 amide bonds. The molecule has 1 fully saturated rings. The van der Waals surface area contributed by atoms with E-state index in [-0.39, 0.29) is 61.9 Å². The number of carbonyl (C=O) groups excluding carboxylic acids is 3. The number of aryl methyl sites for hydroxylation is 2. The molecule has 1 heterocycles. The number of ether oxygens (including phenoxy) is 1. The number of methoxy groups -OCH3 is 1. The second kappa shape index (κ2) is 9.82. The fourth-order valence-electron chi connectivity index (χ4n) is 3.60. The van der Waals surface area contributed by atoms with E-state index in [1.807, 2.05) is 32.0 Å². The van der Waals surface area contributed by atoms with E-state index in [1.165, 1.54) is 23.0 Å². The van der Waals surface area contributed by atoms with Crippen LogP contribution in [-0.4, -0.2) is 72.6 Å². The van der Waals surface area contributed by atoms with Crippen LogP contribution in [0.4, 0.5) is 5.69 Å². The smallest absolute Gasteiger partial charge is 0.254 e. The molecule has 170 valence electrons. The van der Waals surface area contributed by atoms with Crippen LogP contribution in [0.15, 0.2) is 36.4 Å². The van der Waals surface area contributed by atoms with E-state index in [4.69, 9.17) is 4.74 Å². The molecule has 0 atom stereocenters. The molecule has 32 heavy (non-hydrogen) atoms. The van der Waals surface area contributed by atoms with Gasteiger partial charge in [-0.1, -0.05) is 18.2 Å². The van der Waals surface area contributed by atoms with Gasteiger partial charge in [-0.25, -0.2) is 0 Å². The number of amides is 3. The molecule has 1 N–H and O–H groups in total. The third-order valence-electron chi connectivity index (χ3n) is 5.79. The molecule has 8 heteroatoms. The zero-order valence-electron chi connectivity index (χ0n) is 18.9. The van der Waals surface area contributed by atoms with Crippen molar-refractivity contribution in [2.24, 2.45) is 0 Å². The van der Waals surface area contributed by atoms with Crippen LogP contribution in [0, 0.1) is 20.8 Å². The molecule has 0 radical (unpaired) electrons. The van der Waals surface area contributed by atoms with Gasteiger partial charge in [-0.2, -0.15) is 0 Å². The van der Waals surface area contributed by atoms with Crippen molar-refractivity contribution >= 4 is 23.4 Å². The quantitative estimate of drug-likeness (QED) is 0.715. The summed E-state index contributed by atoms with van der Waals surface area (Å²) in [5.74, 6) is -0.858. The van der Waals surface area contributed by atoms with Gasteiger partial charge in [0.05, 0.1) is 6.61 Å². The van der Waals surface area contributed by atoms with Crippen molar-refractivity contribution in [3.05, 3.63) is 58.7 Å². The van der Waals surface area contributed by atoms with Crippen molar-refractivity contribution in [2.45, 2.75) is 20.8 Å². The highest BCUT2D eigenvalue weighted by atomic mass is 16.5. The first kappa shape index (κ1) is 23.3. The average Bonchev–Trinajstić information content (AvgIpc) is 3.16. The zero-order valence-corrected chi connectivity index (χ0v) is 18.9. The molecule has 0 unspecified atom stereocenters. The molecular formula is C24H29N3O5. The Hall–Kier alpha value is -3.39. The predicted octanol–water partition coefficient (Wildman–Crippen LogP) is 2.24. The Labute approximate surface area is 188 Å². The van der Waals surface area contributed by atoms with E-state index in [0.29, 0.717) is 5.56 Å². The lowest BCUT2D eigenvalue weighted by molar-refractivity contribution is -0.132. The molecule has 1 aliphatic heterocycles. The zero-order chi connectivity index (χ0) is 23.4. The molecule has 0 bridgehead atoms. The van der Waals surface area contributed by atoms with Crippen LogP contribution in [0.1, 0.15) is 27.0 Å². The lowest BCUT2D eigenvalue weighted by Gasteiger charge is -2.25. The van der Waals surface area contributed by atoms with Gasteiger partial charge in [-0.3, -0.25) is 19.3 Å². The summed E-state index contributed by atoms with van der Waals surface area (Å²) in [5, 5.41) is 9.96. The Morgan fingerprint density at radius 1 is 1.12 bits per heavy atom. The number of hydrogen-bond donors (Lipinski definition) is 1. The van der Waals surface area contributed by atoms with Crippen LogP contribution in [-0.2, 0) is 14.3 Å². The van der Waals surface area contributed by atoms with Gasteiger partial charge in [0.2, 0.25) is 11.8 Å². The van der Waals surface area contributed by atoms with Crippen LogP contribution in [0.2, 0.25) is 0 Å². The number of aromatic hydroxyl groups is 1. The molecule has 3 rings (SSSR count). The lowest BCUT2D eigenvalue weighted by Crippen LogP contribution is -2.44. The topological polar surface area (TPSA) is 90.4 Å². The Morgan fingerprint density at radius 2 is 1.88 bits per heavy atom. The van der Waals surface area contributed by atoms with Crippen LogP contribution in [0.5, 0.6) is 5.75 Å². The highest BCUT2D eigenvalue weighted by Crippen LogP contribution is 2.26. The van der Waals surface area contributed by atoms with Crippen molar-refractivity contribution in [3.8, 4) is 5.75 Å². The lowest BCUT2D eigenvalue weighted by atomic mass is 10.1. The van der Waals surface area contributed by atoms with Crippen molar-refractivity contribution in [1.29, 1.82) is 0 Å². The number of carbonyl (C=O) groups is 3. The fraction of sp³-hybridized carbons (Fsp3) is 0.375. The van der Waals surface area contributed by atoms with Gasteiger partial charge in [0, 0.05) is 24.9 Å². The number of rotatable bonds is 7. The second-order valence-electron chi connectivity index (χ2n) is 7.99. The highest BCUT2D eigenvalue weighted by molar-refractivity contribution is 6.02. The third kappa shape index (κ3) is 4.91. The normalized spacial score (nSPS) is 13.6. The van der Waals surface area contributed by atoms with E-state index in [1.54, 1.807) is 24.0 Å². The predicted molar refractivity (Wildman–Crippen MR) is 121 cm³/mol. The molecule has 1 aliphatic rings.